The highest BCUT2D eigenvalue weighted by Crippen LogP contribution is 2.44. The van der Waals surface area contributed by atoms with Gasteiger partial charge in [0.2, 0.25) is 0 Å². The number of hydrogen-bond acceptors (Lipinski definition) is 2. The Labute approximate surface area is 117 Å². The zero-order chi connectivity index (χ0) is 12.5. The Bertz CT molecular complexity index is 465. The molecule has 18 heavy (non-hydrogen) atoms. The number of nitrogens with zero attached hydrogens (tertiary/aromatic N) is 1. The van der Waals surface area contributed by atoms with Crippen molar-refractivity contribution in [2.24, 2.45) is 11.8 Å². The molecule has 0 radical (unpaired) electrons. The summed E-state index contributed by atoms with van der Waals surface area (Å²) < 4.78 is 0. The lowest BCUT2D eigenvalue weighted by atomic mass is 9.96. The first-order valence-corrected chi connectivity index (χ1v) is 7.19. The van der Waals surface area contributed by atoms with Crippen LogP contribution in [0.2, 0.25) is 5.15 Å². The van der Waals surface area contributed by atoms with E-state index < -0.39 is 0 Å². The molecular formula is C13H16ClN3S. The molecule has 3 nitrogen and oxygen atoms in total. The van der Waals surface area contributed by atoms with E-state index in [1.54, 1.807) is 6.20 Å². The number of nitrogens with one attached hydrogen (secondary N) is 2. The van der Waals surface area contributed by atoms with Gasteiger partial charge in [-0.2, -0.15) is 0 Å². The summed E-state index contributed by atoms with van der Waals surface area (Å²) in [5.41, 5.74) is 0.764. The Kier molecular flexibility index (Phi) is 3.39. The molecule has 96 valence electrons. The summed E-state index contributed by atoms with van der Waals surface area (Å²) in [6, 6.07) is 4.26. The quantitative estimate of drug-likeness (QED) is 0.645. The zero-order valence-electron chi connectivity index (χ0n) is 10.0. The van der Waals surface area contributed by atoms with E-state index in [2.05, 4.69) is 15.6 Å². The Morgan fingerprint density at radius 1 is 1.39 bits per heavy atom. The SMILES string of the molecule is S=C(Nc1cccnc1Cl)N[C@@H]1C[C@@H]2CC[C@@H]1C2. The van der Waals surface area contributed by atoms with Crippen LogP contribution in [-0.4, -0.2) is 16.1 Å². The second-order valence-electron chi connectivity index (χ2n) is 5.22. The Balaban J connectivity index is 1.58. The topological polar surface area (TPSA) is 37.0 Å². The number of anilines is 1. The summed E-state index contributed by atoms with van der Waals surface area (Å²) in [6.07, 6.45) is 7.04. The third-order valence-electron chi connectivity index (χ3n) is 4.06. The molecule has 0 aliphatic heterocycles. The molecule has 0 aromatic carbocycles. The molecular weight excluding hydrogens is 266 g/mol. The lowest BCUT2D eigenvalue weighted by Crippen LogP contribution is -2.40. The third kappa shape index (κ3) is 2.45. The minimum Gasteiger partial charge on any atom is -0.359 e. The number of halogens is 1. The van der Waals surface area contributed by atoms with Gasteiger partial charge in [0.05, 0.1) is 5.69 Å². The highest BCUT2D eigenvalue weighted by Gasteiger charge is 2.39. The maximum atomic E-state index is 5.99. The highest BCUT2D eigenvalue weighted by atomic mass is 35.5. The minimum atomic E-state index is 0.453. The van der Waals surface area contributed by atoms with Crippen molar-refractivity contribution in [2.45, 2.75) is 31.7 Å². The van der Waals surface area contributed by atoms with Crippen molar-refractivity contribution in [3.8, 4) is 0 Å². The Morgan fingerprint density at radius 2 is 2.28 bits per heavy atom. The van der Waals surface area contributed by atoms with Crippen LogP contribution in [0.25, 0.3) is 0 Å². The summed E-state index contributed by atoms with van der Waals surface area (Å²) in [6.45, 7) is 0. The lowest BCUT2D eigenvalue weighted by molar-refractivity contribution is 0.392. The maximum Gasteiger partial charge on any atom is 0.171 e. The monoisotopic (exact) mass is 281 g/mol. The van der Waals surface area contributed by atoms with Crippen molar-refractivity contribution in [1.29, 1.82) is 0 Å². The first kappa shape index (κ1) is 12.2. The van der Waals surface area contributed by atoms with Gasteiger partial charge in [0, 0.05) is 12.2 Å². The van der Waals surface area contributed by atoms with Crippen LogP contribution in [0.15, 0.2) is 18.3 Å². The van der Waals surface area contributed by atoms with Crippen molar-refractivity contribution in [1.82, 2.24) is 10.3 Å². The van der Waals surface area contributed by atoms with E-state index >= 15 is 0 Å². The summed E-state index contributed by atoms with van der Waals surface area (Å²) in [5.74, 6) is 1.72. The molecule has 3 atom stereocenters. The third-order valence-corrected chi connectivity index (χ3v) is 4.58. The molecule has 2 N–H and O–H groups in total. The smallest absolute Gasteiger partial charge is 0.171 e. The molecule has 3 rings (SSSR count). The second-order valence-corrected chi connectivity index (χ2v) is 5.99. The van der Waals surface area contributed by atoms with Crippen molar-refractivity contribution >= 4 is 34.6 Å². The van der Waals surface area contributed by atoms with E-state index in [4.69, 9.17) is 23.8 Å². The average Bonchev–Trinajstić information content (AvgIpc) is 2.94. The van der Waals surface area contributed by atoms with E-state index in [9.17, 15) is 0 Å². The molecule has 1 heterocycles. The molecule has 2 bridgehead atoms. The van der Waals surface area contributed by atoms with Crippen LogP contribution in [0.3, 0.4) is 0 Å². The first-order valence-electron chi connectivity index (χ1n) is 6.40. The molecule has 2 aliphatic carbocycles. The van der Waals surface area contributed by atoms with E-state index in [1.165, 1.54) is 25.7 Å². The number of thiocarbonyl (C=S) groups is 1. The van der Waals surface area contributed by atoms with E-state index in [-0.39, 0.29) is 0 Å². The van der Waals surface area contributed by atoms with Crippen LogP contribution < -0.4 is 10.6 Å². The van der Waals surface area contributed by atoms with Crippen LogP contribution in [0.1, 0.15) is 25.7 Å². The fourth-order valence-corrected chi connectivity index (χ4v) is 3.66. The van der Waals surface area contributed by atoms with Gasteiger partial charge in [-0.05, 0) is 55.4 Å². The van der Waals surface area contributed by atoms with E-state index in [0.29, 0.717) is 16.3 Å². The summed E-state index contributed by atoms with van der Waals surface area (Å²) >= 11 is 11.3. The van der Waals surface area contributed by atoms with Gasteiger partial charge in [0.25, 0.3) is 0 Å². The van der Waals surface area contributed by atoms with Crippen LogP contribution in [0.4, 0.5) is 5.69 Å². The maximum absolute atomic E-state index is 5.99. The first-order chi connectivity index (χ1) is 8.72. The van der Waals surface area contributed by atoms with Gasteiger partial charge in [0.1, 0.15) is 0 Å². The standard InChI is InChI=1S/C13H16ClN3S/c14-12-10(2-1-5-15-12)16-13(18)17-11-7-8-3-4-9(11)6-8/h1-2,5,8-9,11H,3-4,6-7H2,(H2,16,17,18)/t8-,9-,11-/m1/s1. The lowest BCUT2D eigenvalue weighted by Gasteiger charge is -2.24. The highest BCUT2D eigenvalue weighted by molar-refractivity contribution is 7.80. The van der Waals surface area contributed by atoms with Gasteiger partial charge in [-0.25, -0.2) is 4.98 Å². The predicted molar refractivity (Wildman–Crippen MR) is 77.8 cm³/mol. The van der Waals surface area contributed by atoms with E-state index in [1.807, 2.05) is 12.1 Å². The minimum absolute atomic E-state index is 0.453. The van der Waals surface area contributed by atoms with Gasteiger partial charge in [0.15, 0.2) is 10.3 Å². The molecule has 1 aromatic rings. The number of pyridine rings is 1. The summed E-state index contributed by atoms with van der Waals surface area (Å²) in [4.78, 5) is 4.02. The van der Waals surface area contributed by atoms with Crippen LogP contribution in [0.5, 0.6) is 0 Å². The molecule has 2 saturated carbocycles. The van der Waals surface area contributed by atoms with E-state index in [0.717, 1.165) is 17.5 Å². The van der Waals surface area contributed by atoms with Crippen molar-refractivity contribution in [2.75, 3.05) is 5.32 Å². The molecule has 5 heteroatoms. The molecule has 2 fully saturated rings. The predicted octanol–water partition coefficient (Wildman–Crippen LogP) is 3.21. The largest absolute Gasteiger partial charge is 0.359 e. The molecule has 1 aromatic heterocycles. The summed E-state index contributed by atoms with van der Waals surface area (Å²) in [7, 11) is 0. The molecule has 0 amide bonds. The van der Waals surface area contributed by atoms with Gasteiger partial charge in [-0.1, -0.05) is 18.0 Å². The molecule has 2 aliphatic rings. The number of aromatic nitrogens is 1. The molecule has 0 spiro atoms. The van der Waals surface area contributed by atoms with Gasteiger partial charge in [-0.3, -0.25) is 0 Å². The molecule has 0 saturated heterocycles. The van der Waals surface area contributed by atoms with Crippen molar-refractivity contribution < 1.29 is 0 Å². The van der Waals surface area contributed by atoms with Crippen LogP contribution in [-0.2, 0) is 0 Å². The fourth-order valence-electron chi connectivity index (χ4n) is 3.23. The summed E-state index contributed by atoms with van der Waals surface area (Å²) in [5, 5.41) is 7.65. The number of rotatable bonds is 2. The number of hydrogen-bond donors (Lipinski definition) is 2. The normalized spacial score (nSPS) is 29.3. The Morgan fingerprint density at radius 3 is 2.94 bits per heavy atom. The van der Waals surface area contributed by atoms with Gasteiger partial charge < -0.3 is 10.6 Å². The van der Waals surface area contributed by atoms with Crippen molar-refractivity contribution in [3.63, 3.8) is 0 Å². The van der Waals surface area contributed by atoms with Gasteiger partial charge >= 0.3 is 0 Å². The zero-order valence-corrected chi connectivity index (χ0v) is 11.6. The van der Waals surface area contributed by atoms with Gasteiger partial charge in [-0.15, -0.1) is 0 Å². The number of fused-ring (bicyclic) bond motifs is 2. The van der Waals surface area contributed by atoms with Crippen LogP contribution in [0, 0.1) is 11.8 Å². The van der Waals surface area contributed by atoms with Crippen LogP contribution >= 0.6 is 23.8 Å². The Hall–Kier alpha value is -0.870. The molecule has 0 unspecified atom stereocenters. The van der Waals surface area contributed by atoms with Crippen molar-refractivity contribution in [3.05, 3.63) is 23.5 Å². The average molecular weight is 282 g/mol. The fraction of sp³-hybridized carbons (Fsp3) is 0.538. The second kappa shape index (κ2) is 5.02.